The molecule has 1 aliphatic rings. The highest BCUT2D eigenvalue weighted by molar-refractivity contribution is 7.32. The molecule has 0 N–H and O–H groups in total. The van der Waals surface area contributed by atoms with Crippen LogP contribution in [0.4, 0.5) is 0 Å². The Balaban J connectivity index is 2.04. The number of hydrogen-bond donors (Lipinski definition) is 0. The third-order valence-electron chi connectivity index (χ3n) is 1.13. The van der Waals surface area contributed by atoms with Crippen molar-refractivity contribution >= 4 is 8.81 Å². The molecule has 1 atom stereocenters. The monoisotopic (exact) mass is 118 g/mol. The number of rotatable bonds is 0. The minimum Gasteiger partial charge on any atom is -0.362 e. The first kappa shape index (κ1) is 5.53. The van der Waals surface area contributed by atoms with E-state index in [1.165, 1.54) is 25.4 Å². The predicted octanol–water partition coefficient (Wildman–Crippen LogP) is 1.78. The molecule has 0 aromatic heterocycles. The summed E-state index contributed by atoms with van der Waals surface area (Å²) in [6, 6.07) is 0. The molecule has 0 radical (unpaired) electrons. The van der Waals surface area contributed by atoms with Gasteiger partial charge in [0.1, 0.15) is 0 Å². The first-order valence-corrected chi connectivity index (χ1v) is 3.96. The standard InChI is InChI=1S/C5H11OP/c1-2-4-6-7-5-3-1/h7H,1-5H2. The van der Waals surface area contributed by atoms with Gasteiger partial charge in [-0.3, -0.25) is 0 Å². The van der Waals surface area contributed by atoms with E-state index >= 15 is 0 Å². The number of hydrogen-bond acceptors (Lipinski definition) is 1. The molecule has 0 aromatic carbocycles. The average molecular weight is 118 g/mol. The summed E-state index contributed by atoms with van der Waals surface area (Å²) >= 11 is 0. The van der Waals surface area contributed by atoms with Crippen molar-refractivity contribution in [1.29, 1.82) is 0 Å². The fraction of sp³-hybridized carbons (Fsp3) is 1.00. The summed E-state index contributed by atoms with van der Waals surface area (Å²) in [6.07, 6.45) is 5.36. The molecule has 1 fully saturated rings. The molecule has 0 amide bonds. The summed E-state index contributed by atoms with van der Waals surface area (Å²) in [7, 11) is 0.795. The van der Waals surface area contributed by atoms with Crippen LogP contribution in [0.1, 0.15) is 19.3 Å². The van der Waals surface area contributed by atoms with Gasteiger partial charge in [-0.05, 0) is 19.0 Å². The van der Waals surface area contributed by atoms with E-state index in [1.807, 2.05) is 0 Å². The van der Waals surface area contributed by atoms with Gasteiger partial charge < -0.3 is 4.52 Å². The van der Waals surface area contributed by atoms with Gasteiger partial charge in [0.15, 0.2) is 0 Å². The predicted molar refractivity (Wildman–Crippen MR) is 33.0 cm³/mol. The largest absolute Gasteiger partial charge is 0.362 e. The van der Waals surface area contributed by atoms with Crippen LogP contribution in [0.2, 0.25) is 0 Å². The van der Waals surface area contributed by atoms with Gasteiger partial charge >= 0.3 is 0 Å². The van der Waals surface area contributed by atoms with Crippen molar-refractivity contribution in [2.75, 3.05) is 12.8 Å². The second-order valence-corrected chi connectivity index (χ2v) is 2.88. The molecule has 0 bridgehead atoms. The van der Waals surface area contributed by atoms with Gasteiger partial charge in [0, 0.05) is 8.81 Å². The summed E-state index contributed by atoms with van der Waals surface area (Å²) in [6.45, 7) is 1.01. The Hall–Kier alpha value is 0.390. The molecule has 0 aromatic rings. The van der Waals surface area contributed by atoms with Crippen LogP contribution in [0.15, 0.2) is 0 Å². The molecule has 1 heterocycles. The van der Waals surface area contributed by atoms with Crippen molar-refractivity contribution in [2.24, 2.45) is 0 Å². The molecular weight excluding hydrogens is 107 g/mol. The zero-order chi connectivity index (χ0) is 4.95. The first-order valence-electron chi connectivity index (χ1n) is 2.85. The fourth-order valence-corrected chi connectivity index (χ4v) is 1.52. The van der Waals surface area contributed by atoms with Crippen LogP contribution in [0.5, 0.6) is 0 Å². The first-order chi connectivity index (χ1) is 3.50. The molecule has 1 rings (SSSR count). The molecule has 2 heteroatoms. The van der Waals surface area contributed by atoms with Crippen LogP contribution in [-0.4, -0.2) is 12.8 Å². The van der Waals surface area contributed by atoms with Crippen LogP contribution in [0, 0.1) is 0 Å². The molecule has 1 nitrogen and oxygen atoms in total. The van der Waals surface area contributed by atoms with E-state index in [0.29, 0.717) is 0 Å². The van der Waals surface area contributed by atoms with E-state index in [0.717, 1.165) is 15.4 Å². The van der Waals surface area contributed by atoms with Crippen LogP contribution in [0.3, 0.4) is 0 Å². The molecule has 42 valence electrons. The van der Waals surface area contributed by atoms with Crippen molar-refractivity contribution in [3.05, 3.63) is 0 Å². The third-order valence-corrected chi connectivity index (χ3v) is 2.09. The van der Waals surface area contributed by atoms with Gasteiger partial charge in [0.2, 0.25) is 0 Å². The van der Waals surface area contributed by atoms with Crippen molar-refractivity contribution in [3.63, 3.8) is 0 Å². The lowest BCUT2D eigenvalue weighted by molar-refractivity contribution is 0.359. The van der Waals surface area contributed by atoms with E-state index in [4.69, 9.17) is 4.52 Å². The zero-order valence-corrected chi connectivity index (χ0v) is 5.44. The van der Waals surface area contributed by atoms with Gasteiger partial charge in [0.25, 0.3) is 0 Å². The SMILES string of the molecule is C1CCOPCC1. The maximum Gasteiger partial charge on any atom is 0.0505 e. The van der Waals surface area contributed by atoms with Crippen LogP contribution < -0.4 is 0 Å². The maximum absolute atomic E-state index is 5.22. The van der Waals surface area contributed by atoms with Gasteiger partial charge in [-0.15, -0.1) is 0 Å². The smallest absolute Gasteiger partial charge is 0.0505 e. The van der Waals surface area contributed by atoms with Crippen LogP contribution in [-0.2, 0) is 4.52 Å². The van der Waals surface area contributed by atoms with Gasteiger partial charge in [-0.25, -0.2) is 0 Å². The van der Waals surface area contributed by atoms with Gasteiger partial charge in [-0.1, -0.05) is 6.42 Å². The lowest BCUT2D eigenvalue weighted by Crippen LogP contribution is -1.78. The van der Waals surface area contributed by atoms with E-state index in [2.05, 4.69) is 0 Å². The molecule has 7 heavy (non-hydrogen) atoms. The fourth-order valence-electron chi connectivity index (χ4n) is 0.693. The Kier molecular flexibility index (Phi) is 2.68. The maximum atomic E-state index is 5.22. The highest BCUT2D eigenvalue weighted by Crippen LogP contribution is 2.19. The molecule has 0 spiro atoms. The molecule has 0 saturated carbocycles. The zero-order valence-electron chi connectivity index (χ0n) is 4.44. The van der Waals surface area contributed by atoms with Gasteiger partial charge in [0.05, 0.1) is 6.61 Å². The summed E-state index contributed by atoms with van der Waals surface area (Å²) in [5, 5.41) is 0. The third kappa shape index (κ3) is 2.25. The minimum absolute atomic E-state index is 0.795. The van der Waals surface area contributed by atoms with E-state index in [1.54, 1.807) is 0 Å². The second kappa shape index (κ2) is 3.40. The Labute approximate surface area is 46.3 Å². The van der Waals surface area contributed by atoms with Crippen molar-refractivity contribution in [3.8, 4) is 0 Å². The second-order valence-electron chi connectivity index (χ2n) is 1.80. The van der Waals surface area contributed by atoms with Gasteiger partial charge in [-0.2, -0.15) is 0 Å². The van der Waals surface area contributed by atoms with Crippen LogP contribution >= 0.6 is 8.81 Å². The Morgan fingerprint density at radius 1 is 1.14 bits per heavy atom. The Morgan fingerprint density at radius 3 is 3.14 bits per heavy atom. The molecule has 1 aliphatic heterocycles. The van der Waals surface area contributed by atoms with Crippen LogP contribution in [0.25, 0.3) is 0 Å². The van der Waals surface area contributed by atoms with Crippen molar-refractivity contribution in [1.82, 2.24) is 0 Å². The molecular formula is C5H11OP. The highest BCUT2D eigenvalue weighted by Gasteiger charge is 1.95. The lowest BCUT2D eigenvalue weighted by Gasteiger charge is -1.91. The average Bonchev–Trinajstić information content (AvgIpc) is 1.90. The van der Waals surface area contributed by atoms with Crippen molar-refractivity contribution in [2.45, 2.75) is 19.3 Å². The summed E-state index contributed by atoms with van der Waals surface area (Å²) < 4.78 is 5.22. The topological polar surface area (TPSA) is 9.23 Å². The van der Waals surface area contributed by atoms with E-state index in [-0.39, 0.29) is 0 Å². The van der Waals surface area contributed by atoms with E-state index < -0.39 is 0 Å². The molecule has 1 saturated heterocycles. The summed E-state index contributed by atoms with van der Waals surface area (Å²) in [5.41, 5.74) is 0. The quantitative estimate of drug-likeness (QED) is 0.440. The minimum atomic E-state index is 0.795. The Morgan fingerprint density at radius 2 is 2.14 bits per heavy atom. The molecule has 1 unspecified atom stereocenters. The Bertz CT molecular complexity index is 27.7. The molecule has 0 aliphatic carbocycles. The normalized spacial score (nSPS) is 27.4. The van der Waals surface area contributed by atoms with E-state index in [9.17, 15) is 0 Å². The highest BCUT2D eigenvalue weighted by atomic mass is 31.1. The summed E-state index contributed by atoms with van der Waals surface area (Å²) in [5.74, 6) is 0. The lowest BCUT2D eigenvalue weighted by atomic mass is 10.3. The summed E-state index contributed by atoms with van der Waals surface area (Å²) in [4.78, 5) is 0. The van der Waals surface area contributed by atoms with Crippen molar-refractivity contribution < 1.29 is 4.52 Å².